The van der Waals surface area contributed by atoms with E-state index in [0.717, 1.165) is 14.7 Å². The first-order chi connectivity index (χ1) is 12.1. The smallest absolute Gasteiger partial charge is 0.331 e. The lowest BCUT2D eigenvalue weighted by Crippen LogP contribution is -2.01. The molecule has 25 heavy (non-hydrogen) atoms. The van der Waals surface area contributed by atoms with Gasteiger partial charge in [0.15, 0.2) is 11.5 Å². The summed E-state index contributed by atoms with van der Waals surface area (Å²) >= 11 is 2.19. The highest BCUT2D eigenvalue weighted by Crippen LogP contribution is 2.35. The first-order valence-electron chi connectivity index (χ1n) is 7.64. The van der Waals surface area contributed by atoms with Gasteiger partial charge in [-0.2, -0.15) is 0 Å². The molecular formula is C20H19IO4. The van der Waals surface area contributed by atoms with Crippen molar-refractivity contribution in [2.24, 2.45) is 0 Å². The van der Waals surface area contributed by atoms with Gasteiger partial charge in [-0.25, -0.2) is 4.79 Å². The van der Waals surface area contributed by atoms with Crippen molar-refractivity contribution in [3.05, 3.63) is 75.9 Å². The number of ether oxygens (including phenoxy) is 3. The van der Waals surface area contributed by atoms with Crippen LogP contribution in [0.25, 0.3) is 6.08 Å². The largest absolute Gasteiger partial charge is 0.493 e. The van der Waals surface area contributed by atoms with Gasteiger partial charge >= 0.3 is 5.97 Å². The lowest BCUT2D eigenvalue weighted by atomic mass is 10.2. The molecule has 130 valence electrons. The van der Waals surface area contributed by atoms with Crippen LogP contribution < -0.4 is 9.47 Å². The van der Waals surface area contributed by atoms with E-state index >= 15 is 0 Å². The first kappa shape index (κ1) is 19.1. The summed E-state index contributed by atoms with van der Waals surface area (Å²) in [5.41, 5.74) is 1.90. The van der Waals surface area contributed by atoms with Crippen LogP contribution in [0.1, 0.15) is 11.1 Å². The van der Waals surface area contributed by atoms with Gasteiger partial charge < -0.3 is 14.2 Å². The summed E-state index contributed by atoms with van der Waals surface area (Å²) in [6.45, 7) is 4.15. The van der Waals surface area contributed by atoms with Crippen molar-refractivity contribution < 1.29 is 19.0 Å². The highest BCUT2D eigenvalue weighted by Gasteiger charge is 2.11. The molecule has 5 heteroatoms. The Morgan fingerprint density at radius 3 is 2.68 bits per heavy atom. The van der Waals surface area contributed by atoms with Crippen molar-refractivity contribution >= 4 is 34.6 Å². The number of methoxy groups -OCH3 is 1. The SMILES string of the molecule is C=CCOC(=O)/C=C/c1cc(I)c(OCc2ccccc2)c(OC)c1. The third kappa shape index (κ3) is 5.94. The Kier molecular flexibility index (Phi) is 7.53. The Bertz CT molecular complexity index is 754. The molecule has 0 aliphatic rings. The molecule has 0 radical (unpaired) electrons. The third-order valence-electron chi connectivity index (χ3n) is 3.23. The highest BCUT2D eigenvalue weighted by atomic mass is 127. The number of carbonyl (C=O) groups is 1. The van der Waals surface area contributed by atoms with Crippen molar-refractivity contribution in [2.45, 2.75) is 6.61 Å². The summed E-state index contributed by atoms with van der Waals surface area (Å²) in [6, 6.07) is 13.7. The summed E-state index contributed by atoms with van der Waals surface area (Å²) in [5, 5.41) is 0. The minimum Gasteiger partial charge on any atom is -0.493 e. The lowest BCUT2D eigenvalue weighted by Gasteiger charge is -2.13. The summed E-state index contributed by atoms with van der Waals surface area (Å²) in [7, 11) is 1.59. The molecule has 2 aromatic carbocycles. The molecule has 0 aliphatic heterocycles. The number of esters is 1. The molecule has 0 N–H and O–H groups in total. The fourth-order valence-electron chi connectivity index (χ4n) is 2.06. The molecule has 0 saturated heterocycles. The quantitative estimate of drug-likeness (QED) is 0.255. The van der Waals surface area contributed by atoms with Crippen LogP contribution in [0.2, 0.25) is 0 Å². The minimum absolute atomic E-state index is 0.191. The molecule has 0 saturated carbocycles. The van der Waals surface area contributed by atoms with Gasteiger partial charge in [0.2, 0.25) is 0 Å². The number of hydrogen-bond acceptors (Lipinski definition) is 4. The van der Waals surface area contributed by atoms with E-state index in [0.29, 0.717) is 18.1 Å². The van der Waals surface area contributed by atoms with Gasteiger partial charge in [-0.1, -0.05) is 43.0 Å². The van der Waals surface area contributed by atoms with Crippen molar-refractivity contribution in [2.75, 3.05) is 13.7 Å². The summed E-state index contributed by atoms with van der Waals surface area (Å²) in [5.74, 6) is 0.874. The van der Waals surface area contributed by atoms with E-state index in [1.54, 1.807) is 13.2 Å². The number of halogens is 1. The minimum atomic E-state index is -0.418. The summed E-state index contributed by atoms with van der Waals surface area (Å²) in [6.07, 6.45) is 4.58. The van der Waals surface area contributed by atoms with Gasteiger partial charge in [0.1, 0.15) is 13.2 Å². The van der Waals surface area contributed by atoms with E-state index in [2.05, 4.69) is 29.2 Å². The van der Waals surface area contributed by atoms with Crippen molar-refractivity contribution in [1.82, 2.24) is 0 Å². The maximum Gasteiger partial charge on any atom is 0.331 e. The monoisotopic (exact) mass is 450 g/mol. The van der Waals surface area contributed by atoms with Crippen LogP contribution in [-0.2, 0) is 16.1 Å². The Labute approximate surface area is 161 Å². The van der Waals surface area contributed by atoms with E-state index in [9.17, 15) is 4.79 Å². The molecule has 0 amide bonds. The Morgan fingerprint density at radius 2 is 2.00 bits per heavy atom. The molecule has 2 rings (SSSR count). The zero-order valence-corrected chi connectivity index (χ0v) is 16.1. The molecule has 4 nitrogen and oxygen atoms in total. The van der Waals surface area contributed by atoms with Crippen LogP contribution in [0.5, 0.6) is 11.5 Å². The molecule has 2 aromatic rings. The van der Waals surface area contributed by atoms with E-state index in [1.165, 1.54) is 12.2 Å². The Hall–Kier alpha value is -2.28. The zero-order chi connectivity index (χ0) is 18.1. The average Bonchev–Trinajstić information content (AvgIpc) is 2.64. The molecule has 0 aliphatic carbocycles. The standard InChI is InChI=1S/C20H19IO4/c1-3-11-24-19(22)10-9-16-12-17(21)20(18(13-16)23-2)25-14-15-7-5-4-6-8-15/h3-10,12-13H,1,11,14H2,2H3/b10-9+. The first-order valence-corrected chi connectivity index (χ1v) is 8.72. The number of hydrogen-bond donors (Lipinski definition) is 0. The second-order valence-corrected chi connectivity index (χ2v) is 6.22. The fraction of sp³-hybridized carbons (Fsp3) is 0.150. The maximum absolute atomic E-state index is 11.5. The second kappa shape index (κ2) is 9.88. The van der Waals surface area contributed by atoms with Crippen molar-refractivity contribution in [3.8, 4) is 11.5 Å². The third-order valence-corrected chi connectivity index (χ3v) is 4.03. The second-order valence-electron chi connectivity index (χ2n) is 5.06. The van der Waals surface area contributed by atoms with Crippen LogP contribution in [0, 0.1) is 3.57 Å². The molecule has 0 unspecified atom stereocenters. The Morgan fingerprint density at radius 1 is 1.24 bits per heavy atom. The normalized spacial score (nSPS) is 10.5. The van der Waals surface area contributed by atoms with Crippen LogP contribution in [0.3, 0.4) is 0 Å². The molecule has 0 heterocycles. The number of benzene rings is 2. The van der Waals surface area contributed by atoms with Crippen LogP contribution in [-0.4, -0.2) is 19.7 Å². The molecule has 0 spiro atoms. The van der Waals surface area contributed by atoms with Crippen LogP contribution >= 0.6 is 22.6 Å². The van der Waals surface area contributed by atoms with Crippen molar-refractivity contribution in [3.63, 3.8) is 0 Å². The molecule has 0 bridgehead atoms. The van der Waals surface area contributed by atoms with E-state index in [4.69, 9.17) is 14.2 Å². The van der Waals surface area contributed by atoms with Gasteiger partial charge in [-0.3, -0.25) is 0 Å². The zero-order valence-electron chi connectivity index (χ0n) is 13.9. The van der Waals surface area contributed by atoms with Gasteiger partial charge in [-0.05, 0) is 51.9 Å². The maximum atomic E-state index is 11.5. The fourth-order valence-corrected chi connectivity index (χ4v) is 2.84. The lowest BCUT2D eigenvalue weighted by molar-refractivity contribution is -0.136. The van der Waals surface area contributed by atoms with E-state index in [1.807, 2.05) is 42.5 Å². The van der Waals surface area contributed by atoms with Gasteiger partial charge in [0.25, 0.3) is 0 Å². The topological polar surface area (TPSA) is 44.8 Å². The predicted molar refractivity (Wildman–Crippen MR) is 107 cm³/mol. The Balaban J connectivity index is 2.13. The van der Waals surface area contributed by atoms with E-state index < -0.39 is 5.97 Å². The molecule has 0 fully saturated rings. The molecule has 0 aromatic heterocycles. The van der Waals surface area contributed by atoms with Gasteiger partial charge in [0.05, 0.1) is 10.7 Å². The van der Waals surface area contributed by atoms with Crippen molar-refractivity contribution in [1.29, 1.82) is 0 Å². The number of carbonyl (C=O) groups excluding carboxylic acids is 1. The van der Waals surface area contributed by atoms with Crippen LogP contribution in [0.4, 0.5) is 0 Å². The predicted octanol–water partition coefficient (Wildman–Crippen LogP) is 4.62. The van der Waals surface area contributed by atoms with Gasteiger partial charge in [0, 0.05) is 6.08 Å². The molecule has 0 atom stereocenters. The number of rotatable bonds is 8. The summed E-state index contributed by atoms with van der Waals surface area (Å²) in [4.78, 5) is 11.5. The summed E-state index contributed by atoms with van der Waals surface area (Å²) < 4.78 is 17.2. The highest BCUT2D eigenvalue weighted by molar-refractivity contribution is 14.1. The van der Waals surface area contributed by atoms with Crippen LogP contribution in [0.15, 0.2) is 61.2 Å². The average molecular weight is 450 g/mol. The van der Waals surface area contributed by atoms with Gasteiger partial charge in [-0.15, -0.1) is 0 Å². The molecular weight excluding hydrogens is 431 g/mol. The van der Waals surface area contributed by atoms with E-state index in [-0.39, 0.29) is 6.61 Å².